The minimum Gasteiger partial charge on any atom is -0.393 e. The molecule has 2 amide bonds. The maximum absolute atomic E-state index is 11.7. The number of hydrogen-bond donors (Lipinski definition) is 2. The molecule has 0 aromatic carbocycles. The van der Waals surface area contributed by atoms with Crippen LogP contribution in [-0.2, 0) is 9.59 Å². The molecular formula is C9H15N3O2S. The Morgan fingerprint density at radius 2 is 2.27 bits per heavy atom. The van der Waals surface area contributed by atoms with Gasteiger partial charge in [-0.15, -0.1) is 0 Å². The lowest BCUT2D eigenvalue weighted by Crippen LogP contribution is -2.63. The summed E-state index contributed by atoms with van der Waals surface area (Å²) in [6, 6.07) is 0. The van der Waals surface area contributed by atoms with Crippen molar-refractivity contribution in [3.8, 4) is 0 Å². The van der Waals surface area contributed by atoms with Gasteiger partial charge in [-0.05, 0) is 13.8 Å². The van der Waals surface area contributed by atoms with Crippen LogP contribution < -0.4 is 11.1 Å². The molecular weight excluding hydrogens is 214 g/mol. The van der Waals surface area contributed by atoms with Crippen LogP contribution in [0.3, 0.4) is 0 Å². The number of nitrogens with two attached hydrogens (primary N) is 1. The maximum atomic E-state index is 11.7. The molecule has 1 rings (SSSR count). The van der Waals surface area contributed by atoms with Crippen molar-refractivity contribution >= 4 is 29.0 Å². The van der Waals surface area contributed by atoms with E-state index < -0.39 is 5.54 Å². The molecule has 0 aromatic rings. The van der Waals surface area contributed by atoms with Crippen molar-refractivity contribution in [1.82, 2.24) is 10.2 Å². The fraction of sp³-hybridized carbons (Fsp3) is 0.667. The van der Waals surface area contributed by atoms with Crippen molar-refractivity contribution in [2.24, 2.45) is 5.73 Å². The molecule has 0 atom stereocenters. The first-order valence-corrected chi connectivity index (χ1v) is 5.13. The third-order valence-electron chi connectivity index (χ3n) is 2.48. The van der Waals surface area contributed by atoms with Crippen molar-refractivity contribution in [2.75, 3.05) is 13.1 Å². The Hall–Kier alpha value is -1.17. The predicted molar refractivity (Wildman–Crippen MR) is 60.2 cm³/mol. The van der Waals surface area contributed by atoms with E-state index >= 15 is 0 Å². The molecule has 1 aliphatic heterocycles. The number of amides is 2. The number of hydrogen-bond acceptors (Lipinski definition) is 3. The molecule has 0 unspecified atom stereocenters. The van der Waals surface area contributed by atoms with Gasteiger partial charge in [0.25, 0.3) is 0 Å². The third-order valence-corrected chi connectivity index (χ3v) is 2.62. The lowest BCUT2D eigenvalue weighted by molar-refractivity contribution is -0.148. The first kappa shape index (κ1) is 11.9. The van der Waals surface area contributed by atoms with Crippen molar-refractivity contribution in [3.05, 3.63) is 0 Å². The normalized spacial score (nSPS) is 19.6. The number of carbonyl (C=O) groups excluding carboxylic acids is 2. The van der Waals surface area contributed by atoms with Gasteiger partial charge in [0.05, 0.1) is 11.4 Å². The standard InChI is InChI=1S/C9H15N3O2S/c1-9(2)8(14)11-3-4-12(9)7(13)5-6(10)15/h3-5H2,1-2H3,(H2,10,15)(H,11,14). The Bertz CT molecular complexity index is 314. The molecule has 1 heterocycles. The quantitative estimate of drug-likeness (QED) is 0.620. The van der Waals surface area contributed by atoms with Crippen LogP contribution >= 0.6 is 12.2 Å². The van der Waals surface area contributed by atoms with E-state index in [2.05, 4.69) is 17.5 Å². The zero-order valence-electron chi connectivity index (χ0n) is 8.87. The highest BCUT2D eigenvalue weighted by Gasteiger charge is 2.40. The molecule has 5 nitrogen and oxygen atoms in total. The molecule has 0 radical (unpaired) electrons. The zero-order valence-corrected chi connectivity index (χ0v) is 9.69. The molecule has 0 bridgehead atoms. The number of rotatable bonds is 2. The van der Waals surface area contributed by atoms with E-state index in [1.165, 1.54) is 4.90 Å². The molecule has 3 N–H and O–H groups in total. The minimum absolute atomic E-state index is 0.0199. The Morgan fingerprint density at radius 3 is 2.80 bits per heavy atom. The Balaban J connectivity index is 2.79. The number of nitrogens with zero attached hydrogens (tertiary/aromatic N) is 1. The lowest BCUT2D eigenvalue weighted by Gasteiger charge is -2.41. The molecule has 1 saturated heterocycles. The monoisotopic (exact) mass is 229 g/mol. The average molecular weight is 229 g/mol. The Morgan fingerprint density at radius 1 is 1.67 bits per heavy atom. The number of thiocarbonyl (C=S) groups is 1. The smallest absolute Gasteiger partial charge is 0.245 e. The van der Waals surface area contributed by atoms with Crippen LogP contribution in [0.25, 0.3) is 0 Å². The minimum atomic E-state index is -0.819. The van der Waals surface area contributed by atoms with Crippen LogP contribution in [0.15, 0.2) is 0 Å². The summed E-state index contributed by atoms with van der Waals surface area (Å²) in [7, 11) is 0. The van der Waals surface area contributed by atoms with Gasteiger partial charge >= 0.3 is 0 Å². The highest BCUT2D eigenvalue weighted by atomic mass is 32.1. The van der Waals surface area contributed by atoms with Crippen LogP contribution in [0.4, 0.5) is 0 Å². The van der Waals surface area contributed by atoms with E-state index in [0.717, 1.165) is 0 Å². The van der Waals surface area contributed by atoms with Crippen LogP contribution in [0, 0.1) is 0 Å². The second-order valence-electron chi connectivity index (χ2n) is 4.00. The fourth-order valence-electron chi connectivity index (χ4n) is 1.58. The maximum Gasteiger partial charge on any atom is 0.245 e. The predicted octanol–water partition coefficient (Wildman–Crippen LogP) is -0.600. The average Bonchev–Trinajstić information content (AvgIpc) is 2.08. The summed E-state index contributed by atoms with van der Waals surface area (Å²) in [5.74, 6) is -0.340. The van der Waals surface area contributed by atoms with Gasteiger partial charge < -0.3 is 16.0 Å². The van der Waals surface area contributed by atoms with Gasteiger partial charge in [-0.1, -0.05) is 12.2 Å². The topological polar surface area (TPSA) is 75.4 Å². The largest absolute Gasteiger partial charge is 0.393 e. The summed E-state index contributed by atoms with van der Waals surface area (Å²) in [4.78, 5) is 25.0. The van der Waals surface area contributed by atoms with Crippen LogP contribution in [-0.4, -0.2) is 40.3 Å². The van der Waals surface area contributed by atoms with Crippen molar-refractivity contribution in [1.29, 1.82) is 0 Å². The van der Waals surface area contributed by atoms with Gasteiger partial charge in [-0.3, -0.25) is 9.59 Å². The van der Waals surface area contributed by atoms with Gasteiger partial charge in [0.2, 0.25) is 11.8 Å². The fourth-order valence-corrected chi connectivity index (χ4v) is 1.70. The van der Waals surface area contributed by atoms with Crippen molar-refractivity contribution < 1.29 is 9.59 Å². The molecule has 0 saturated carbocycles. The summed E-state index contributed by atoms with van der Waals surface area (Å²) in [5, 5.41) is 2.71. The van der Waals surface area contributed by atoms with Gasteiger partial charge in [-0.25, -0.2) is 0 Å². The highest BCUT2D eigenvalue weighted by Crippen LogP contribution is 2.18. The Kier molecular flexibility index (Phi) is 3.28. The number of carbonyl (C=O) groups is 2. The van der Waals surface area contributed by atoms with Crippen molar-refractivity contribution in [2.45, 2.75) is 25.8 Å². The van der Waals surface area contributed by atoms with Gasteiger partial charge in [-0.2, -0.15) is 0 Å². The van der Waals surface area contributed by atoms with E-state index in [-0.39, 0.29) is 23.2 Å². The molecule has 6 heteroatoms. The second-order valence-corrected chi connectivity index (χ2v) is 4.53. The van der Waals surface area contributed by atoms with E-state index in [4.69, 9.17) is 5.73 Å². The van der Waals surface area contributed by atoms with E-state index in [1.807, 2.05) is 0 Å². The first-order valence-electron chi connectivity index (χ1n) is 4.73. The van der Waals surface area contributed by atoms with E-state index in [9.17, 15) is 9.59 Å². The molecule has 1 fully saturated rings. The highest BCUT2D eigenvalue weighted by molar-refractivity contribution is 7.80. The summed E-state index contributed by atoms with van der Waals surface area (Å²) in [6.07, 6.45) is 0.0199. The van der Waals surface area contributed by atoms with Gasteiger partial charge in [0, 0.05) is 13.1 Å². The molecule has 1 aliphatic rings. The molecule has 84 valence electrons. The molecule has 0 spiro atoms. The molecule has 15 heavy (non-hydrogen) atoms. The van der Waals surface area contributed by atoms with Crippen LogP contribution in [0.1, 0.15) is 20.3 Å². The molecule has 0 aliphatic carbocycles. The first-order chi connectivity index (χ1) is 6.85. The van der Waals surface area contributed by atoms with Crippen molar-refractivity contribution in [3.63, 3.8) is 0 Å². The summed E-state index contributed by atoms with van der Waals surface area (Å²) in [6.45, 7) is 4.39. The van der Waals surface area contributed by atoms with E-state index in [0.29, 0.717) is 13.1 Å². The van der Waals surface area contributed by atoms with E-state index in [1.54, 1.807) is 13.8 Å². The van der Waals surface area contributed by atoms with Gasteiger partial charge in [0.1, 0.15) is 5.54 Å². The Labute approximate surface area is 94.0 Å². The summed E-state index contributed by atoms with van der Waals surface area (Å²) >= 11 is 4.68. The SMILES string of the molecule is CC1(C)C(=O)NCCN1C(=O)CC(N)=S. The lowest BCUT2D eigenvalue weighted by atomic mass is 9.98. The van der Waals surface area contributed by atoms with Crippen LogP contribution in [0.5, 0.6) is 0 Å². The summed E-state index contributed by atoms with van der Waals surface area (Å²) < 4.78 is 0. The van der Waals surface area contributed by atoms with Crippen LogP contribution in [0.2, 0.25) is 0 Å². The zero-order chi connectivity index (χ0) is 11.6. The molecule has 0 aromatic heterocycles. The number of piperazine rings is 1. The van der Waals surface area contributed by atoms with Gasteiger partial charge in [0.15, 0.2) is 0 Å². The number of nitrogens with one attached hydrogen (secondary N) is 1. The summed E-state index contributed by atoms with van der Waals surface area (Å²) in [5.41, 5.74) is 4.49. The second kappa shape index (κ2) is 4.14. The third kappa shape index (κ3) is 2.44.